The van der Waals surface area contributed by atoms with Crippen molar-refractivity contribution in [1.29, 1.82) is 0 Å². The molecule has 0 heterocycles. The van der Waals surface area contributed by atoms with Crippen LogP contribution in [0.2, 0.25) is 0 Å². The summed E-state index contributed by atoms with van der Waals surface area (Å²) in [6.45, 7) is 8.65. The van der Waals surface area contributed by atoms with Gasteiger partial charge in [-0.2, -0.15) is 0 Å². The van der Waals surface area contributed by atoms with E-state index in [9.17, 15) is 4.79 Å². The molecule has 0 aromatic heterocycles. The molecule has 2 rings (SSSR count). The molecule has 4 nitrogen and oxygen atoms in total. The van der Waals surface area contributed by atoms with Crippen molar-refractivity contribution in [3.05, 3.63) is 28.8 Å². The molecule has 0 amide bonds. The Morgan fingerprint density at radius 2 is 1.90 bits per heavy atom. The van der Waals surface area contributed by atoms with E-state index in [2.05, 4.69) is 24.4 Å². The van der Waals surface area contributed by atoms with Gasteiger partial charge in [-0.1, -0.05) is 17.7 Å². The van der Waals surface area contributed by atoms with Crippen molar-refractivity contribution in [2.75, 3.05) is 13.2 Å². The Bertz CT molecular complexity index is 486. The van der Waals surface area contributed by atoms with Crippen molar-refractivity contribution < 1.29 is 14.3 Å². The first-order valence-electron chi connectivity index (χ1n) is 7.64. The minimum atomic E-state index is -0.391. The standard InChI is InChI=1S/C17H25NO3/c1-5-20-17(19)15(18-14-6-7-14)10-21-16-12(3)8-11(2)9-13(16)4/h8-9,14-15,18H,5-7,10H2,1-4H3. The maximum Gasteiger partial charge on any atom is 0.326 e. The lowest BCUT2D eigenvalue weighted by Gasteiger charge is -2.19. The van der Waals surface area contributed by atoms with Crippen LogP contribution >= 0.6 is 0 Å². The van der Waals surface area contributed by atoms with Crippen molar-refractivity contribution in [3.63, 3.8) is 0 Å². The first-order chi connectivity index (χ1) is 10.0. The fourth-order valence-corrected chi connectivity index (χ4v) is 2.52. The van der Waals surface area contributed by atoms with Gasteiger partial charge in [0.15, 0.2) is 0 Å². The van der Waals surface area contributed by atoms with Crippen LogP contribution < -0.4 is 10.1 Å². The number of nitrogens with one attached hydrogen (secondary N) is 1. The quantitative estimate of drug-likeness (QED) is 0.785. The number of hydrogen-bond donors (Lipinski definition) is 1. The SMILES string of the molecule is CCOC(=O)C(COc1c(C)cc(C)cc1C)NC1CC1. The molecule has 1 N–H and O–H groups in total. The topological polar surface area (TPSA) is 47.6 Å². The monoisotopic (exact) mass is 291 g/mol. The summed E-state index contributed by atoms with van der Waals surface area (Å²) in [5, 5.41) is 3.30. The Labute approximate surface area is 126 Å². The Balaban J connectivity index is 2.02. The van der Waals surface area contributed by atoms with Gasteiger partial charge in [0.2, 0.25) is 0 Å². The van der Waals surface area contributed by atoms with Gasteiger partial charge >= 0.3 is 5.97 Å². The molecule has 1 aromatic carbocycles. The molecule has 0 spiro atoms. The molecule has 1 unspecified atom stereocenters. The summed E-state index contributed by atoms with van der Waals surface area (Å²) >= 11 is 0. The highest BCUT2D eigenvalue weighted by Gasteiger charge is 2.30. The molecular weight excluding hydrogens is 266 g/mol. The predicted octanol–water partition coefficient (Wildman–Crippen LogP) is 2.67. The number of esters is 1. The van der Waals surface area contributed by atoms with Gasteiger partial charge in [0, 0.05) is 6.04 Å². The van der Waals surface area contributed by atoms with E-state index >= 15 is 0 Å². The number of carbonyl (C=O) groups excluding carboxylic acids is 1. The van der Waals surface area contributed by atoms with Crippen LogP contribution in [0.25, 0.3) is 0 Å². The summed E-state index contributed by atoms with van der Waals surface area (Å²) in [6, 6.07) is 4.23. The number of carbonyl (C=O) groups is 1. The van der Waals surface area contributed by atoms with Gasteiger partial charge in [-0.05, 0) is 51.7 Å². The summed E-state index contributed by atoms with van der Waals surface area (Å²) in [7, 11) is 0. The maximum absolute atomic E-state index is 12.0. The van der Waals surface area contributed by atoms with Crippen molar-refractivity contribution in [2.24, 2.45) is 0 Å². The number of benzene rings is 1. The van der Waals surface area contributed by atoms with Crippen molar-refractivity contribution in [1.82, 2.24) is 5.32 Å². The second kappa shape index (κ2) is 6.94. The largest absolute Gasteiger partial charge is 0.491 e. The van der Waals surface area contributed by atoms with E-state index in [-0.39, 0.29) is 5.97 Å². The summed E-state index contributed by atoms with van der Waals surface area (Å²) in [6.07, 6.45) is 2.25. The number of hydrogen-bond acceptors (Lipinski definition) is 4. The highest BCUT2D eigenvalue weighted by molar-refractivity contribution is 5.76. The van der Waals surface area contributed by atoms with Crippen LogP contribution in [0.4, 0.5) is 0 Å². The van der Waals surface area contributed by atoms with E-state index < -0.39 is 6.04 Å². The normalized spacial score (nSPS) is 15.6. The van der Waals surface area contributed by atoms with Gasteiger partial charge in [0.05, 0.1) is 6.61 Å². The smallest absolute Gasteiger partial charge is 0.326 e. The lowest BCUT2D eigenvalue weighted by molar-refractivity contribution is -0.146. The van der Waals surface area contributed by atoms with Gasteiger partial charge in [0.25, 0.3) is 0 Å². The van der Waals surface area contributed by atoms with Crippen LogP contribution in [0.5, 0.6) is 5.75 Å². The Hall–Kier alpha value is -1.55. The van der Waals surface area contributed by atoms with Crippen LogP contribution in [0.15, 0.2) is 12.1 Å². The van der Waals surface area contributed by atoms with Gasteiger partial charge in [-0.15, -0.1) is 0 Å². The second-order valence-corrected chi connectivity index (χ2v) is 5.78. The minimum Gasteiger partial charge on any atom is -0.491 e. The Morgan fingerprint density at radius 1 is 1.29 bits per heavy atom. The van der Waals surface area contributed by atoms with E-state index in [1.54, 1.807) is 0 Å². The molecular formula is C17H25NO3. The molecule has 0 radical (unpaired) electrons. The van der Waals surface area contributed by atoms with Crippen molar-refractivity contribution >= 4 is 5.97 Å². The summed E-state index contributed by atoms with van der Waals surface area (Å²) < 4.78 is 11.0. The average Bonchev–Trinajstić information content (AvgIpc) is 3.20. The van der Waals surface area contributed by atoms with Gasteiger partial charge in [-0.3, -0.25) is 10.1 Å². The molecule has 116 valence electrons. The molecule has 1 aliphatic carbocycles. The molecule has 1 atom stereocenters. The number of rotatable bonds is 7. The number of aryl methyl sites for hydroxylation is 3. The van der Waals surface area contributed by atoms with Crippen LogP contribution in [0, 0.1) is 20.8 Å². The van der Waals surface area contributed by atoms with E-state index in [1.165, 1.54) is 5.56 Å². The zero-order valence-corrected chi connectivity index (χ0v) is 13.4. The lowest BCUT2D eigenvalue weighted by Crippen LogP contribution is -2.43. The van der Waals surface area contributed by atoms with Crippen LogP contribution in [-0.2, 0) is 9.53 Å². The van der Waals surface area contributed by atoms with E-state index in [4.69, 9.17) is 9.47 Å². The molecule has 21 heavy (non-hydrogen) atoms. The maximum atomic E-state index is 12.0. The fourth-order valence-electron chi connectivity index (χ4n) is 2.52. The fraction of sp³-hybridized carbons (Fsp3) is 0.588. The third kappa shape index (κ3) is 4.46. The zero-order valence-electron chi connectivity index (χ0n) is 13.4. The summed E-state index contributed by atoms with van der Waals surface area (Å²) in [4.78, 5) is 12.0. The highest BCUT2D eigenvalue weighted by atomic mass is 16.5. The van der Waals surface area contributed by atoms with Gasteiger partial charge in [0.1, 0.15) is 18.4 Å². The third-order valence-corrected chi connectivity index (χ3v) is 3.58. The van der Waals surface area contributed by atoms with Crippen LogP contribution in [0.3, 0.4) is 0 Å². The van der Waals surface area contributed by atoms with Crippen molar-refractivity contribution in [2.45, 2.75) is 52.6 Å². The molecule has 1 fully saturated rings. The molecule has 4 heteroatoms. The average molecular weight is 291 g/mol. The molecule has 1 aromatic rings. The molecule has 0 bridgehead atoms. The summed E-state index contributed by atoms with van der Waals surface area (Å²) in [5.41, 5.74) is 3.42. The van der Waals surface area contributed by atoms with Gasteiger partial charge < -0.3 is 9.47 Å². The predicted molar refractivity (Wildman–Crippen MR) is 82.7 cm³/mol. The number of ether oxygens (including phenoxy) is 2. The first-order valence-corrected chi connectivity index (χ1v) is 7.64. The van der Waals surface area contributed by atoms with Crippen LogP contribution in [-0.4, -0.2) is 31.3 Å². The Morgan fingerprint density at radius 3 is 2.43 bits per heavy atom. The van der Waals surface area contributed by atoms with Gasteiger partial charge in [-0.25, -0.2) is 0 Å². The lowest BCUT2D eigenvalue weighted by atomic mass is 10.1. The van der Waals surface area contributed by atoms with E-state index in [1.807, 2.05) is 20.8 Å². The minimum absolute atomic E-state index is 0.230. The zero-order chi connectivity index (χ0) is 15.4. The van der Waals surface area contributed by atoms with Crippen molar-refractivity contribution in [3.8, 4) is 5.75 Å². The van der Waals surface area contributed by atoms with E-state index in [0.717, 1.165) is 29.7 Å². The Kier molecular flexibility index (Phi) is 5.23. The summed E-state index contributed by atoms with van der Waals surface area (Å²) in [5.74, 6) is 0.638. The molecule has 1 saturated carbocycles. The molecule has 0 aliphatic heterocycles. The first kappa shape index (κ1) is 15.8. The third-order valence-electron chi connectivity index (χ3n) is 3.58. The highest BCUT2D eigenvalue weighted by Crippen LogP contribution is 2.25. The molecule has 1 aliphatic rings. The van der Waals surface area contributed by atoms with Crippen LogP contribution in [0.1, 0.15) is 36.5 Å². The molecule has 0 saturated heterocycles. The van der Waals surface area contributed by atoms with E-state index in [0.29, 0.717) is 19.3 Å². The second-order valence-electron chi connectivity index (χ2n) is 5.78.